The summed E-state index contributed by atoms with van der Waals surface area (Å²) >= 11 is 0. The van der Waals surface area contributed by atoms with E-state index in [1.807, 2.05) is 30.0 Å². The molecule has 1 aliphatic carbocycles. The molecular formula is C14H19N3O2. The number of rotatable bonds is 2. The number of amides is 1. The summed E-state index contributed by atoms with van der Waals surface area (Å²) < 4.78 is 5.33. The molecule has 0 spiro atoms. The van der Waals surface area contributed by atoms with Crippen molar-refractivity contribution >= 4 is 5.91 Å². The number of aryl methyl sites for hydroxylation is 1. The molecule has 0 saturated carbocycles. The topological polar surface area (TPSA) is 72.4 Å². The van der Waals surface area contributed by atoms with Gasteiger partial charge in [0.2, 0.25) is 5.91 Å². The molecule has 1 aromatic rings. The third kappa shape index (κ3) is 2.30. The molecule has 0 aromatic carbocycles. The minimum Gasteiger partial charge on any atom is -0.359 e. The summed E-state index contributed by atoms with van der Waals surface area (Å²) in [5.74, 6) is 0.898. The number of hydrogen-bond donors (Lipinski definition) is 1. The molecule has 2 aliphatic rings. The van der Waals surface area contributed by atoms with Crippen molar-refractivity contribution in [2.45, 2.75) is 38.3 Å². The molecule has 2 heterocycles. The lowest BCUT2D eigenvalue weighted by atomic mass is 10.1. The maximum Gasteiger partial charge on any atom is 0.230 e. The van der Waals surface area contributed by atoms with Crippen LogP contribution < -0.4 is 5.73 Å². The van der Waals surface area contributed by atoms with Crippen molar-refractivity contribution in [1.29, 1.82) is 0 Å². The smallest absolute Gasteiger partial charge is 0.230 e. The highest BCUT2D eigenvalue weighted by Crippen LogP contribution is 2.34. The second kappa shape index (κ2) is 4.81. The van der Waals surface area contributed by atoms with Crippen LogP contribution in [0.3, 0.4) is 0 Å². The first-order valence-electron chi connectivity index (χ1n) is 6.83. The molecular weight excluding hydrogens is 242 g/mol. The summed E-state index contributed by atoms with van der Waals surface area (Å²) in [5, 5.41) is 3.92. The van der Waals surface area contributed by atoms with Gasteiger partial charge in [0, 0.05) is 18.7 Å². The van der Waals surface area contributed by atoms with E-state index in [4.69, 9.17) is 10.3 Å². The van der Waals surface area contributed by atoms with E-state index in [0.29, 0.717) is 0 Å². The second-order valence-corrected chi connectivity index (χ2v) is 5.45. The van der Waals surface area contributed by atoms with E-state index in [1.54, 1.807) is 0 Å². The van der Waals surface area contributed by atoms with E-state index < -0.39 is 0 Å². The SMILES string of the molecule is Cc1cc(C2CCCN2C(=O)C2C=CC(N)C2)on1. The fourth-order valence-electron chi connectivity index (χ4n) is 2.99. The van der Waals surface area contributed by atoms with Gasteiger partial charge in [0.25, 0.3) is 0 Å². The summed E-state index contributed by atoms with van der Waals surface area (Å²) in [6.07, 6.45) is 6.54. The van der Waals surface area contributed by atoms with Crippen LogP contribution in [-0.2, 0) is 4.79 Å². The normalized spacial score (nSPS) is 30.2. The number of aromatic nitrogens is 1. The van der Waals surface area contributed by atoms with Crippen LogP contribution in [0.2, 0.25) is 0 Å². The monoisotopic (exact) mass is 261 g/mol. The number of carbonyl (C=O) groups excluding carboxylic acids is 1. The number of nitrogens with two attached hydrogens (primary N) is 1. The number of hydrogen-bond acceptors (Lipinski definition) is 4. The van der Waals surface area contributed by atoms with E-state index in [2.05, 4.69) is 5.16 Å². The van der Waals surface area contributed by atoms with E-state index in [1.165, 1.54) is 0 Å². The Labute approximate surface area is 112 Å². The molecule has 1 saturated heterocycles. The average Bonchev–Trinajstić information content (AvgIpc) is 3.07. The Balaban J connectivity index is 1.76. The van der Waals surface area contributed by atoms with Gasteiger partial charge in [-0.05, 0) is 26.2 Å². The highest BCUT2D eigenvalue weighted by Gasteiger charge is 2.36. The molecule has 3 unspecified atom stereocenters. The van der Waals surface area contributed by atoms with E-state index in [9.17, 15) is 4.79 Å². The van der Waals surface area contributed by atoms with Gasteiger partial charge in [-0.3, -0.25) is 4.79 Å². The number of carbonyl (C=O) groups is 1. The third-order valence-electron chi connectivity index (χ3n) is 3.94. The Hall–Kier alpha value is -1.62. The molecule has 5 heteroatoms. The third-order valence-corrected chi connectivity index (χ3v) is 3.94. The van der Waals surface area contributed by atoms with Crippen LogP contribution in [0.1, 0.15) is 36.8 Å². The van der Waals surface area contributed by atoms with Crippen LogP contribution >= 0.6 is 0 Å². The minimum atomic E-state index is -0.0698. The number of likely N-dealkylation sites (tertiary alicyclic amines) is 1. The highest BCUT2D eigenvalue weighted by molar-refractivity contribution is 5.82. The van der Waals surface area contributed by atoms with Crippen LogP contribution in [-0.4, -0.2) is 28.6 Å². The predicted octanol–water partition coefficient (Wildman–Crippen LogP) is 1.55. The van der Waals surface area contributed by atoms with Crippen molar-refractivity contribution in [3.63, 3.8) is 0 Å². The molecule has 1 aromatic heterocycles. The van der Waals surface area contributed by atoms with E-state index >= 15 is 0 Å². The van der Waals surface area contributed by atoms with Gasteiger partial charge in [-0.2, -0.15) is 0 Å². The maximum absolute atomic E-state index is 12.5. The van der Waals surface area contributed by atoms with Crippen LogP contribution in [0.25, 0.3) is 0 Å². The highest BCUT2D eigenvalue weighted by atomic mass is 16.5. The second-order valence-electron chi connectivity index (χ2n) is 5.45. The van der Waals surface area contributed by atoms with Gasteiger partial charge in [-0.25, -0.2) is 0 Å². The van der Waals surface area contributed by atoms with Gasteiger partial charge in [0.05, 0.1) is 17.7 Å². The summed E-state index contributed by atoms with van der Waals surface area (Å²) in [6, 6.07) is 1.98. The van der Waals surface area contributed by atoms with Gasteiger partial charge in [0.1, 0.15) is 0 Å². The summed E-state index contributed by atoms with van der Waals surface area (Å²) in [7, 11) is 0. The van der Waals surface area contributed by atoms with E-state index in [-0.39, 0.29) is 23.9 Å². The average molecular weight is 261 g/mol. The lowest BCUT2D eigenvalue weighted by molar-refractivity contribution is -0.135. The lowest BCUT2D eigenvalue weighted by Crippen LogP contribution is -2.35. The Bertz CT molecular complexity index is 509. The molecule has 1 amide bonds. The fraction of sp³-hybridized carbons (Fsp3) is 0.571. The molecule has 0 bridgehead atoms. The first kappa shape index (κ1) is 12.4. The van der Waals surface area contributed by atoms with Gasteiger partial charge in [-0.1, -0.05) is 17.3 Å². The quantitative estimate of drug-likeness (QED) is 0.820. The zero-order valence-corrected chi connectivity index (χ0v) is 11.1. The fourth-order valence-corrected chi connectivity index (χ4v) is 2.99. The van der Waals surface area contributed by atoms with Crippen LogP contribution in [0.4, 0.5) is 0 Å². The molecule has 102 valence electrons. The van der Waals surface area contributed by atoms with Crippen LogP contribution in [0.15, 0.2) is 22.7 Å². The Morgan fingerprint density at radius 3 is 3.00 bits per heavy atom. The van der Waals surface area contributed by atoms with Crippen molar-refractivity contribution in [3.8, 4) is 0 Å². The van der Waals surface area contributed by atoms with Crippen LogP contribution in [0.5, 0.6) is 0 Å². The minimum absolute atomic E-state index is 0.0162. The maximum atomic E-state index is 12.5. The molecule has 0 radical (unpaired) electrons. The zero-order valence-electron chi connectivity index (χ0n) is 11.1. The van der Waals surface area contributed by atoms with Gasteiger partial charge >= 0.3 is 0 Å². The molecule has 5 nitrogen and oxygen atoms in total. The Morgan fingerprint density at radius 1 is 1.53 bits per heavy atom. The number of nitrogens with zero attached hydrogens (tertiary/aromatic N) is 2. The first-order chi connectivity index (χ1) is 9.15. The summed E-state index contributed by atoms with van der Waals surface area (Å²) in [5.41, 5.74) is 6.68. The molecule has 3 rings (SSSR count). The molecule has 2 N–H and O–H groups in total. The Kier molecular flexibility index (Phi) is 3.14. The van der Waals surface area contributed by atoms with Gasteiger partial charge < -0.3 is 15.2 Å². The van der Waals surface area contributed by atoms with Crippen molar-refractivity contribution in [2.75, 3.05) is 6.54 Å². The lowest BCUT2D eigenvalue weighted by Gasteiger charge is -2.25. The van der Waals surface area contributed by atoms with Crippen molar-refractivity contribution in [3.05, 3.63) is 29.7 Å². The zero-order chi connectivity index (χ0) is 13.4. The summed E-state index contributed by atoms with van der Waals surface area (Å²) in [4.78, 5) is 14.5. The van der Waals surface area contributed by atoms with Gasteiger partial charge in [0.15, 0.2) is 5.76 Å². The van der Waals surface area contributed by atoms with Crippen LogP contribution in [0, 0.1) is 12.8 Å². The van der Waals surface area contributed by atoms with Crippen molar-refractivity contribution < 1.29 is 9.32 Å². The molecule has 1 aliphatic heterocycles. The van der Waals surface area contributed by atoms with Crippen molar-refractivity contribution in [2.24, 2.45) is 11.7 Å². The first-order valence-corrected chi connectivity index (χ1v) is 6.83. The van der Waals surface area contributed by atoms with Gasteiger partial charge in [-0.15, -0.1) is 0 Å². The van der Waals surface area contributed by atoms with E-state index in [0.717, 1.165) is 37.3 Å². The Morgan fingerprint density at radius 2 is 2.37 bits per heavy atom. The standard InChI is InChI=1S/C14H19N3O2/c1-9-7-13(19-16-9)12-3-2-6-17(12)14(18)10-4-5-11(15)8-10/h4-5,7,10-12H,2-3,6,8,15H2,1H3. The van der Waals surface area contributed by atoms with Crippen molar-refractivity contribution in [1.82, 2.24) is 10.1 Å². The molecule has 19 heavy (non-hydrogen) atoms. The largest absolute Gasteiger partial charge is 0.359 e. The summed E-state index contributed by atoms with van der Waals surface area (Å²) in [6.45, 7) is 2.69. The molecule has 3 atom stereocenters. The predicted molar refractivity (Wildman–Crippen MR) is 70.2 cm³/mol. The molecule has 1 fully saturated rings.